The van der Waals surface area contributed by atoms with E-state index in [0.29, 0.717) is 42.2 Å². The van der Waals surface area contributed by atoms with Crippen LogP contribution in [-0.4, -0.2) is 68.8 Å². The Balaban J connectivity index is 1.89. The van der Waals surface area contributed by atoms with Crippen LogP contribution in [-0.2, 0) is 11.3 Å². The van der Waals surface area contributed by atoms with E-state index in [1.807, 2.05) is 26.8 Å². The molecule has 1 fully saturated rings. The number of benzene rings is 1. The smallest absolute Gasteiger partial charge is 0.253 e. The van der Waals surface area contributed by atoms with E-state index < -0.39 is 0 Å². The van der Waals surface area contributed by atoms with E-state index in [4.69, 9.17) is 9.47 Å². The molecule has 8 nitrogen and oxygen atoms in total. The van der Waals surface area contributed by atoms with Gasteiger partial charge in [-0.05, 0) is 90.7 Å². The summed E-state index contributed by atoms with van der Waals surface area (Å²) in [5, 5.41) is 2.97. The number of carbonyl (C=O) groups is 1. The second-order valence-electron chi connectivity index (χ2n) is 10.3. The molecule has 1 heterocycles. The number of H-pyrrole nitrogens is 1. The Labute approximate surface area is 221 Å². The van der Waals surface area contributed by atoms with Gasteiger partial charge in [0.1, 0.15) is 12.4 Å². The third-order valence-corrected chi connectivity index (χ3v) is 7.56. The van der Waals surface area contributed by atoms with Gasteiger partial charge in [0, 0.05) is 60.9 Å². The van der Waals surface area contributed by atoms with Crippen molar-refractivity contribution in [1.29, 1.82) is 0 Å². The van der Waals surface area contributed by atoms with Gasteiger partial charge in [-0.1, -0.05) is 0 Å². The number of amides is 1. The minimum Gasteiger partial charge on any atom is -0.491 e. The molecule has 204 valence electrons. The number of pyridine rings is 1. The number of carbonyl (C=O) groups excluding carboxylic acids is 1. The van der Waals surface area contributed by atoms with Crippen LogP contribution < -0.4 is 20.5 Å². The summed E-state index contributed by atoms with van der Waals surface area (Å²) in [7, 11) is 5.95. The maximum atomic E-state index is 13.4. The minimum atomic E-state index is -0.220. The number of methoxy groups -OCH3 is 1. The average Bonchev–Trinajstić information content (AvgIpc) is 2.85. The van der Waals surface area contributed by atoms with Gasteiger partial charge in [0.15, 0.2) is 0 Å². The van der Waals surface area contributed by atoms with Gasteiger partial charge in [-0.3, -0.25) is 9.59 Å². The van der Waals surface area contributed by atoms with Crippen molar-refractivity contribution in [2.75, 3.05) is 45.9 Å². The molecule has 0 aliphatic heterocycles. The Bertz CT molecular complexity index is 1120. The van der Waals surface area contributed by atoms with Crippen LogP contribution in [0.15, 0.2) is 23.0 Å². The Morgan fingerprint density at radius 2 is 1.73 bits per heavy atom. The number of aromatic nitrogens is 1. The molecule has 37 heavy (non-hydrogen) atoms. The molecule has 2 N–H and O–H groups in total. The van der Waals surface area contributed by atoms with Crippen molar-refractivity contribution in [2.45, 2.75) is 72.0 Å². The molecule has 0 saturated heterocycles. The van der Waals surface area contributed by atoms with Gasteiger partial charge in [0.2, 0.25) is 0 Å². The standard InChI is InChI=1S/C29H44N4O4/c1-8-33(23-11-9-22(10-12-23)32(5)6)27-17-24(37-14-13-36-7)16-25(21(27)4)28(34)30-18-26-19(2)15-20(3)31-29(26)35/h15-17,22-23H,8-14,18H2,1-7H3,(H,30,34)(H,31,35). The van der Waals surface area contributed by atoms with Gasteiger partial charge in [-0.2, -0.15) is 0 Å². The highest BCUT2D eigenvalue weighted by atomic mass is 16.5. The van der Waals surface area contributed by atoms with Gasteiger partial charge in [-0.25, -0.2) is 0 Å². The summed E-state index contributed by atoms with van der Waals surface area (Å²) in [5.41, 5.74) is 4.57. The Morgan fingerprint density at radius 1 is 1.05 bits per heavy atom. The van der Waals surface area contributed by atoms with Gasteiger partial charge in [-0.15, -0.1) is 0 Å². The molecule has 0 bridgehead atoms. The topological polar surface area (TPSA) is 86.9 Å². The van der Waals surface area contributed by atoms with Crippen LogP contribution in [0.2, 0.25) is 0 Å². The summed E-state index contributed by atoms with van der Waals surface area (Å²) in [6, 6.07) is 6.80. The largest absolute Gasteiger partial charge is 0.491 e. The number of aromatic amines is 1. The molecule has 2 aromatic rings. The number of aryl methyl sites for hydroxylation is 2. The number of ether oxygens (including phenoxy) is 2. The van der Waals surface area contributed by atoms with Crippen molar-refractivity contribution in [2.24, 2.45) is 0 Å². The number of hydrogen-bond donors (Lipinski definition) is 2. The molecule has 8 heteroatoms. The van der Waals surface area contributed by atoms with Crippen molar-refractivity contribution in [3.05, 3.63) is 56.5 Å². The molecular weight excluding hydrogens is 468 g/mol. The second-order valence-corrected chi connectivity index (χ2v) is 10.3. The summed E-state index contributed by atoms with van der Waals surface area (Å²) < 4.78 is 11.1. The highest BCUT2D eigenvalue weighted by Crippen LogP contribution is 2.35. The lowest BCUT2D eigenvalue weighted by Gasteiger charge is -2.40. The number of rotatable bonds is 11. The highest BCUT2D eigenvalue weighted by molar-refractivity contribution is 5.97. The van der Waals surface area contributed by atoms with E-state index >= 15 is 0 Å². The summed E-state index contributed by atoms with van der Waals surface area (Å²) >= 11 is 0. The van der Waals surface area contributed by atoms with Crippen molar-refractivity contribution < 1.29 is 14.3 Å². The Morgan fingerprint density at radius 3 is 2.32 bits per heavy atom. The van der Waals surface area contributed by atoms with E-state index in [2.05, 4.69) is 47.2 Å². The average molecular weight is 513 g/mol. The third-order valence-electron chi connectivity index (χ3n) is 7.56. The number of nitrogens with zero attached hydrogens (tertiary/aromatic N) is 2. The molecule has 0 atom stereocenters. The molecule has 0 spiro atoms. The highest BCUT2D eigenvalue weighted by Gasteiger charge is 2.28. The van der Waals surface area contributed by atoms with Crippen LogP contribution >= 0.6 is 0 Å². The number of anilines is 1. The first-order valence-electron chi connectivity index (χ1n) is 13.3. The van der Waals surface area contributed by atoms with Crippen LogP contribution in [0.4, 0.5) is 5.69 Å². The molecule has 0 radical (unpaired) electrons. The molecule has 1 amide bonds. The fourth-order valence-corrected chi connectivity index (χ4v) is 5.41. The zero-order valence-electron chi connectivity index (χ0n) is 23.6. The van der Waals surface area contributed by atoms with Crippen molar-refractivity contribution in [3.63, 3.8) is 0 Å². The van der Waals surface area contributed by atoms with Crippen molar-refractivity contribution in [1.82, 2.24) is 15.2 Å². The predicted octanol–water partition coefficient (Wildman–Crippen LogP) is 3.95. The summed E-state index contributed by atoms with van der Waals surface area (Å²) in [6.07, 6.45) is 4.55. The van der Waals surface area contributed by atoms with Gasteiger partial charge < -0.3 is 29.6 Å². The summed E-state index contributed by atoms with van der Waals surface area (Å²) in [5.74, 6) is 0.426. The molecule has 0 unspecified atom stereocenters. The second kappa shape index (κ2) is 13.1. The lowest BCUT2D eigenvalue weighted by Crippen LogP contribution is -2.42. The number of nitrogens with one attached hydrogen (secondary N) is 2. The Kier molecular flexibility index (Phi) is 10.2. The van der Waals surface area contributed by atoms with Crippen LogP contribution in [0, 0.1) is 20.8 Å². The fourth-order valence-electron chi connectivity index (χ4n) is 5.41. The third kappa shape index (κ3) is 7.14. The maximum Gasteiger partial charge on any atom is 0.253 e. The first kappa shape index (κ1) is 28.7. The summed E-state index contributed by atoms with van der Waals surface area (Å²) in [6.45, 7) is 9.78. The zero-order valence-corrected chi connectivity index (χ0v) is 23.6. The molecule has 3 rings (SSSR count). The molecule has 1 aliphatic rings. The van der Waals surface area contributed by atoms with E-state index in [9.17, 15) is 9.59 Å². The lowest BCUT2D eigenvalue weighted by atomic mass is 9.88. The molecule has 1 aromatic carbocycles. The Hall–Kier alpha value is -2.84. The van der Waals surface area contributed by atoms with Crippen molar-refractivity contribution in [3.8, 4) is 5.75 Å². The predicted molar refractivity (Wildman–Crippen MR) is 149 cm³/mol. The van der Waals surface area contributed by atoms with Gasteiger partial charge in [0.05, 0.1) is 6.61 Å². The zero-order chi connectivity index (χ0) is 27.1. The van der Waals surface area contributed by atoms with Crippen LogP contribution in [0.1, 0.15) is 65.3 Å². The van der Waals surface area contributed by atoms with Gasteiger partial charge >= 0.3 is 0 Å². The lowest BCUT2D eigenvalue weighted by molar-refractivity contribution is 0.0949. The van der Waals surface area contributed by atoms with E-state index in [1.165, 1.54) is 0 Å². The minimum absolute atomic E-state index is 0.163. The number of hydrogen-bond acceptors (Lipinski definition) is 6. The first-order valence-corrected chi connectivity index (χ1v) is 13.3. The monoisotopic (exact) mass is 512 g/mol. The SMILES string of the molecule is CCN(c1cc(OCCOC)cc(C(=O)NCc2c(C)cc(C)[nH]c2=O)c1C)C1CCC(N(C)C)CC1. The molecule has 1 aliphatic carbocycles. The summed E-state index contributed by atoms with van der Waals surface area (Å²) in [4.78, 5) is 33.5. The molecule has 1 aromatic heterocycles. The van der Waals surface area contributed by atoms with Crippen LogP contribution in [0.25, 0.3) is 0 Å². The van der Waals surface area contributed by atoms with E-state index in [-0.39, 0.29) is 18.0 Å². The molecule has 1 saturated carbocycles. The molecular formula is C29H44N4O4. The maximum absolute atomic E-state index is 13.4. The van der Waals surface area contributed by atoms with Crippen LogP contribution in [0.5, 0.6) is 5.75 Å². The van der Waals surface area contributed by atoms with Crippen LogP contribution in [0.3, 0.4) is 0 Å². The normalized spacial score (nSPS) is 17.6. The quantitative estimate of drug-likeness (QED) is 0.444. The van der Waals surface area contributed by atoms with Crippen molar-refractivity contribution >= 4 is 11.6 Å². The fraction of sp³-hybridized carbons (Fsp3) is 0.586. The van der Waals surface area contributed by atoms with Gasteiger partial charge in [0.25, 0.3) is 11.5 Å². The van der Waals surface area contributed by atoms with E-state index in [1.54, 1.807) is 13.2 Å². The first-order chi connectivity index (χ1) is 17.7. The van der Waals surface area contributed by atoms with E-state index in [0.717, 1.165) is 54.7 Å².